The highest BCUT2D eigenvalue weighted by Crippen LogP contribution is 2.37. The molecule has 10 heteroatoms. The summed E-state index contributed by atoms with van der Waals surface area (Å²) in [5.41, 5.74) is -2.20. The third-order valence-corrected chi connectivity index (χ3v) is 6.55. The molecule has 2 rings (SSSR count). The number of nitrogens with one attached hydrogen (secondary N) is 4. The molecule has 4 N–H and O–H groups in total. The van der Waals surface area contributed by atoms with Crippen molar-refractivity contribution in [1.29, 1.82) is 0 Å². The van der Waals surface area contributed by atoms with E-state index in [-0.39, 0.29) is 37.2 Å². The van der Waals surface area contributed by atoms with Gasteiger partial charge in [0, 0.05) is 47.3 Å². The van der Waals surface area contributed by atoms with Crippen molar-refractivity contribution in [3.05, 3.63) is 0 Å². The van der Waals surface area contributed by atoms with Gasteiger partial charge in [0.15, 0.2) is 0 Å². The van der Waals surface area contributed by atoms with Crippen LogP contribution in [0.3, 0.4) is 0 Å². The fourth-order valence-corrected chi connectivity index (χ4v) is 5.56. The van der Waals surface area contributed by atoms with Crippen LogP contribution in [0.25, 0.3) is 0 Å². The van der Waals surface area contributed by atoms with Crippen LogP contribution in [-0.4, -0.2) is 69.5 Å². The summed E-state index contributed by atoms with van der Waals surface area (Å²) in [6, 6.07) is -0.816. The van der Waals surface area contributed by atoms with Crippen molar-refractivity contribution in [2.75, 3.05) is 13.1 Å². The summed E-state index contributed by atoms with van der Waals surface area (Å²) in [5, 5.41) is 38.5. The molecule has 0 aromatic rings. The average Bonchev–Trinajstić information content (AvgIpc) is 2.60. The molecule has 0 spiro atoms. The second-order valence-electron chi connectivity index (χ2n) is 11.8. The van der Waals surface area contributed by atoms with Gasteiger partial charge in [-0.05, 0) is 81.1 Å². The predicted octanol–water partition coefficient (Wildman–Crippen LogP) is 2.32. The summed E-state index contributed by atoms with van der Waals surface area (Å²) < 4.78 is 0. The Kier molecular flexibility index (Phi) is 7.76. The van der Waals surface area contributed by atoms with E-state index in [0.29, 0.717) is 25.7 Å². The molecule has 0 saturated carbocycles. The van der Waals surface area contributed by atoms with Crippen LogP contribution < -0.4 is 21.3 Å². The normalized spacial score (nSPS) is 25.7. The Balaban J connectivity index is 1.71. The quantitative estimate of drug-likeness (QED) is 0.475. The third-order valence-electron chi connectivity index (χ3n) is 6.55. The van der Waals surface area contributed by atoms with Gasteiger partial charge >= 0.3 is 12.1 Å². The van der Waals surface area contributed by atoms with Crippen molar-refractivity contribution in [1.82, 2.24) is 31.4 Å². The maximum absolute atomic E-state index is 12.4. The van der Waals surface area contributed by atoms with E-state index >= 15 is 0 Å². The van der Waals surface area contributed by atoms with E-state index in [2.05, 4.69) is 21.3 Å². The van der Waals surface area contributed by atoms with E-state index in [9.17, 15) is 20.0 Å². The van der Waals surface area contributed by atoms with Gasteiger partial charge in [0.25, 0.3) is 0 Å². The standard InChI is InChI=1S/C22H42N6O4/c1-19(2)11-15(12-20(3,4)27(19)31)25-17(29)23-9-10-24-18(30)26-16-13-21(5,6)28(32)22(7,8)14-16/h15-16H,9-14H2,1-8H3,(H2,23,25,29)(H2,24,26,30). The van der Waals surface area contributed by atoms with Gasteiger partial charge in [-0.25, -0.2) is 9.59 Å². The molecule has 2 radical (unpaired) electrons. The number of piperidine rings is 2. The summed E-state index contributed by atoms with van der Waals surface area (Å²) in [4.78, 5) is 24.5. The number of hydroxylamine groups is 4. The average molecular weight is 455 g/mol. The van der Waals surface area contributed by atoms with Crippen molar-refractivity contribution in [2.24, 2.45) is 0 Å². The largest absolute Gasteiger partial charge is 0.336 e. The number of hydrogen-bond donors (Lipinski definition) is 4. The monoisotopic (exact) mass is 454 g/mol. The van der Waals surface area contributed by atoms with Gasteiger partial charge in [0.05, 0.1) is 0 Å². The number of amides is 4. The molecule has 2 saturated heterocycles. The van der Waals surface area contributed by atoms with E-state index < -0.39 is 22.2 Å². The second-order valence-corrected chi connectivity index (χ2v) is 11.8. The van der Waals surface area contributed by atoms with Crippen molar-refractivity contribution >= 4 is 12.1 Å². The molecule has 2 fully saturated rings. The zero-order chi connectivity index (χ0) is 24.5. The van der Waals surface area contributed by atoms with Gasteiger partial charge in [-0.2, -0.15) is 0 Å². The first-order valence-electron chi connectivity index (χ1n) is 11.5. The first kappa shape index (κ1) is 26.6. The van der Waals surface area contributed by atoms with E-state index in [1.165, 1.54) is 0 Å². The summed E-state index contributed by atoms with van der Waals surface area (Å²) >= 11 is 0. The van der Waals surface area contributed by atoms with Gasteiger partial charge < -0.3 is 21.3 Å². The van der Waals surface area contributed by atoms with E-state index in [1.54, 1.807) is 0 Å². The van der Waals surface area contributed by atoms with Crippen LogP contribution in [0.5, 0.6) is 0 Å². The number of nitrogens with zero attached hydrogens (tertiary/aromatic N) is 2. The number of rotatable bonds is 5. The highest BCUT2D eigenvalue weighted by molar-refractivity contribution is 5.75. The van der Waals surface area contributed by atoms with Crippen LogP contribution in [0.4, 0.5) is 9.59 Å². The van der Waals surface area contributed by atoms with E-state index in [1.807, 2.05) is 55.4 Å². The van der Waals surface area contributed by atoms with Gasteiger partial charge in [-0.3, -0.25) is 0 Å². The molecule has 0 aromatic carbocycles. The van der Waals surface area contributed by atoms with Gasteiger partial charge in [0.2, 0.25) is 0 Å². The molecule has 0 aliphatic carbocycles. The Hall–Kier alpha value is -1.62. The van der Waals surface area contributed by atoms with E-state index in [0.717, 1.165) is 10.1 Å². The molecule has 2 aliphatic rings. The number of hydrogen-bond acceptors (Lipinski definition) is 4. The Labute approximate surface area is 192 Å². The Morgan fingerprint density at radius 3 is 1.12 bits per heavy atom. The van der Waals surface area contributed by atoms with Crippen LogP contribution in [0.2, 0.25) is 0 Å². The van der Waals surface area contributed by atoms with Crippen LogP contribution in [0, 0.1) is 0 Å². The molecule has 2 aliphatic heterocycles. The first-order valence-corrected chi connectivity index (χ1v) is 11.5. The minimum absolute atomic E-state index is 0.0972. The zero-order valence-corrected chi connectivity index (χ0v) is 20.9. The number of carbonyl (C=O) groups excluding carboxylic acids is 2. The fourth-order valence-electron chi connectivity index (χ4n) is 5.56. The van der Waals surface area contributed by atoms with Gasteiger partial charge in [-0.15, -0.1) is 20.5 Å². The van der Waals surface area contributed by atoms with Crippen molar-refractivity contribution in [3.63, 3.8) is 0 Å². The smallest absolute Gasteiger partial charge is 0.315 e. The molecule has 0 unspecified atom stereocenters. The Bertz CT molecular complexity index is 600. The lowest BCUT2D eigenvalue weighted by atomic mass is 9.79. The highest BCUT2D eigenvalue weighted by atomic mass is 16.5. The Morgan fingerprint density at radius 1 is 0.625 bits per heavy atom. The van der Waals surface area contributed by atoms with Gasteiger partial charge in [0.1, 0.15) is 0 Å². The van der Waals surface area contributed by atoms with Crippen LogP contribution in [0.15, 0.2) is 0 Å². The second kappa shape index (κ2) is 9.32. The minimum Gasteiger partial charge on any atom is -0.336 e. The lowest BCUT2D eigenvalue weighted by Crippen LogP contribution is -2.63. The molecule has 0 aromatic heterocycles. The summed E-state index contributed by atoms with van der Waals surface area (Å²) in [7, 11) is 0. The van der Waals surface area contributed by atoms with Crippen LogP contribution >= 0.6 is 0 Å². The molecule has 2 heterocycles. The molecule has 4 amide bonds. The number of carbonyl (C=O) groups is 2. The highest BCUT2D eigenvalue weighted by Gasteiger charge is 2.47. The molecular weight excluding hydrogens is 412 g/mol. The predicted molar refractivity (Wildman–Crippen MR) is 120 cm³/mol. The lowest BCUT2D eigenvalue weighted by Gasteiger charge is -2.50. The van der Waals surface area contributed by atoms with Gasteiger partial charge in [-0.1, -0.05) is 0 Å². The molecule has 10 nitrogen and oxygen atoms in total. The molecule has 0 atom stereocenters. The lowest BCUT2D eigenvalue weighted by molar-refractivity contribution is -0.289. The topological polar surface area (TPSA) is 129 Å². The summed E-state index contributed by atoms with van der Waals surface area (Å²) in [5.74, 6) is 0. The third kappa shape index (κ3) is 6.46. The molecular formula is C22H42N6O4. The van der Waals surface area contributed by atoms with E-state index in [4.69, 9.17) is 0 Å². The zero-order valence-electron chi connectivity index (χ0n) is 20.9. The summed E-state index contributed by atoms with van der Waals surface area (Å²) in [6.45, 7) is 15.7. The molecule has 184 valence electrons. The van der Waals surface area contributed by atoms with Crippen molar-refractivity contribution in [2.45, 2.75) is 115 Å². The first-order chi connectivity index (χ1) is 14.5. The molecule has 32 heavy (non-hydrogen) atoms. The Morgan fingerprint density at radius 2 is 0.875 bits per heavy atom. The number of urea groups is 2. The fraction of sp³-hybridized carbons (Fsp3) is 0.909. The van der Waals surface area contributed by atoms with Crippen LogP contribution in [-0.2, 0) is 10.4 Å². The minimum atomic E-state index is -0.551. The van der Waals surface area contributed by atoms with Crippen molar-refractivity contribution in [3.8, 4) is 0 Å². The maximum Gasteiger partial charge on any atom is 0.315 e. The molecule has 0 bridgehead atoms. The van der Waals surface area contributed by atoms with Crippen LogP contribution in [0.1, 0.15) is 81.1 Å². The maximum atomic E-state index is 12.4. The van der Waals surface area contributed by atoms with Crippen molar-refractivity contribution < 1.29 is 20.0 Å². The summed E-state index contributed by atoms with van der Waals surface area (Å²) in [6.07, 6.45) is 2.29. The SMILES string of the molecule is CC1(C)CC(NC(=O)NCCNC(=O)NC2CC(C)(C)N([O])C(C)(C)C2)CC(C)(C)N1[O].